The molecule has 2 heteroatoms. The number of benzene rings is 9. The molecule has 0 amide bonds. The Labute approximate surface area is 301 Å². The van der Waals surface area contributed by atoms with Crippen LogP contribution in [0.2, 0.25) is 0 Å². The van der Waals surface area contributed by atoms with E-state index in [2.05, 4.69) is 176 Å². The zero-order chi connectivity index (χ0) is 34.4. The molecule has 52 heavy (non-hydrogen) atoms. The van der Waals surface area contributed by atoms with Crippen LogP contribution in [-0.4, -0.2) is 0 Å². The summed E-state index contributed by atoms with van der Waals surface area (Å²) < 4.78 is 7.14. The Morgan fingerprint density at radius 3 is 1.67 bits per heavy atom. The molecule has 1 aliphatic carbocycles. The Morgan fingerprint density at radius 1 is 0.404 bits per heavy atom. The van der Waals surface area contributed by atoms with Crippen molar-refractivity contribution in [3.05, 3.63) is 204 Å². The molecule has 2 nitrogen and oxygen atoms in total. The van der Waals surface area contributed by atoms with Crippen LogP contribution in [0.25, 0.3) is 65.7 Å². The van der Waals surface area contributed by atoms with E-state index in [0.717, 1.165) is 44.9 Å². The van der Waals surface area contributed by atoms with Crippen molar-refractivity contribution in [2.75, 3.05) is 0 Å². The van der Waals surface area contributed by atoms with Crippen LogP contribution in [0.4, 0.5) is 0 Å². The fourth-order valence-corrected chi connectivity index (χ4v) is 9.34. The fourth-order valence-electron chi connectivity index (χ4n) is 9.34. The van der Waals surface area contributed by atoms with Crippen LogP contribution in [0.1, 0.15) is 27.8 Å². The monoisotopic (exact) mass is 659 g/mol. The lowest BCUT2D eigenvalue weighted by Gasteiger charge is -2.40. The standard InChI is InChI=1S/C50H29NO/c51-30-31-27-28-35-34-16-7-8-23-42(34)50(45(35)29-31)43-24-9-10-26-46(43)52-49-41(22-12-25-44(49)50)48-39-19-5-3-17-37(39)47(38-18-4-6-20-40(38)48)36-21-11-14-32-13-1-2-15-33(32)36/h1-29H. The van der Waals surface area contributed by atoms with Gasteiger partial charge in [0.15, 0.2) is 0 Å². The van der Waals surface area contributed by atoms with E-state index in [1.807, 2.05) is 6.07 Å². The summed E-state index contributed by atoms with van der Waals surface area (Å²) >= 11 is 0. The van der Waals surface area contributed by atoms with E-state index >= 15 is 0 Å². The highest BCUT2D eigenvalue weighted by atomic mass is 16.5. The highest BCUT2D eigenvalue weighted by Crippen LogP contribution is 2.63. The molecule has 1 heterocycles. The predicted octanol–water partition coefficient (Wildman–Crippen LogP) is 12.8. The summed E-state index contributed by atoms with van der Waals surface area (Å²) in [6.45, 7) is 0. The molecule has 0 radical (unpaired) electrons. The summed E-state index contributed by atoms with van der Waals surface area (Å²) in [6, 6.07) is 65.3. The van der Waals surface area contributed by atoms with Gasteiger partial charge in [0.1, 0.15) is 11.5 Å². The van der Waals surface area contributed by atoms with Crippen LogP contribution in [0.15, 0.2) is 176 Å². The molecule has 0 saturated carbocycles. The molecule has 1 spiro atoms. The molecule has 0 aromatic heterocycles. The summed E-state index contributed by atoms with van der Waals surface area (Å²) in [6.07, 6.45) is 0. The number of hydrogen-bond donors (Lipinski definition) is 0. The van der Waals surface area contributed by atoms with E-state index in [0.29, 0.717) is 5.56 Å². The largest absolute Gasteiger partial charge is 0.456 e. The Balaban J connectivity index is 1.28. The summed E-state index contributed by atoms with van der Waals surface area (Å²) in [4.78, 5) is 0. The van der Waals surface area contributed by atoms with Gasteiger partial charge in [0.25, 0.3) is 0 Å². The van der Waals surface area contributed by atoms with Gasteiger partial charge in [0.2, 0.25) is 0 Å². The number of para-hydroxylation sites is 2. The van der Waals surface area contributed by atoms with E-state index in [1.54, 1.807) is 0 Å². The number of nitrogens with zero attached hydrogens (tertiary/aromatic N) is 1. The van der Waals surface area contributed by atoms with Crippen LogP contribution >= 0.6 is 0 Å². The van der Waals surface area contributed by atoms with Crippen molar-refractivity contribution in [2.24, 2.45) is 0 Å². The normalized spacial score (nSPS) is 15.1. The van der Waals surface area contributed by atoms with Gasteiger partial charge in [0, 0.05) is 22.3 Å². The first-order valence-electron chi connectivity index (χ1n) is 17.7. The van der Waals surface area contributed by atoms with Gasteiger partial charge in [-0.1, -0.05) is 158 Å². The first-order chi connectivity index (χ1) is 25.8. The third-order valence-corrected chi connectivity index (χ3v) is 11.4. The maximum Gasteiger partial charge on any atom is 0.140 e. The van der Waals surface area contributed by atoms with Crippen LogP contribution < -0.4 is 4.74 Å². The Hall–Kier alpha value is -6.95. The van der Waals surface area contributed by atoms with E-state index in [-0.39, 0.29) is 0 Å². The highest BCUT2D eigenvalue weighted by molar-refractivity contribution is 6.24. The van der Waals surface area contributed by atoms with Crippen molar-refractivity contribution in [1.82, 2.24) is 0 Å². The molecule has 1 atom stereocenters. The van der Waals surface area contributed by atoms with Gasteiger partial charge in [0.05, 0.1) is 17.0 Å². The Bertz CT molecular complexity index is 2960. The third-order valence-electron chi connectivity index (χ3n) is 11.4. The highest BCUT2D eigenvalue weighted by Gasteiger charge is 2.51. The van der Waals surface area contributed by atoms with E-state index in [1.165, 1.54) is 54.6 Å². The molecule has 1 aliphatic heterocycles. The van der Waals surface area contributed by atoms with Gasteiger partial charge in [-0.15, -0.1) is 0 Å². The van der Waals surface area contributed by atoms with Crippen LogP contribution in [-0.2, 0) is 5.41 Å². The molecule has 9 aromatic carbocycles. The van der Waals surface area contributed by atoms with E-state index < -0.39 is 5.41 Å². The fraction of sp³-hybridized carbons (Fsp3) is 0.0200. The zero-order valence-corrected chi connectivity index (χ0v) is 28.1. The van der Waals surface area contributed by atoms with Gasteiger partial charge in [-0.25, -0.2) is 0 Å². The number of ether oxygens (including phenoxy) is 1. The topological polar surface area (TPSA) is 33.0 Å². The molecule has 0 bridgehead atoms. The second-order valence-electron chi connectivity index (χ2n) is 13.8. The van der Waals surface area contributed by atoms with Crippen LogP contribution in [0.5, 0.6) is 11.5 Å². The van der Waals surface area contributed by atoms with Crippen molar-refractivity contribution in [3.63, 3.8) is 0 Å². The van der Waals surface area contributed by atoms with E-state index in [9.17, 15) is 5.26 Å². The average Bonchev–Trinajstić information content (AvgIpc) is 3.49. The first kappa shape index (κ1) is 28.8. The number of hydrogen-bond acceptors (Lipinski definition) is 2. The third kappa shape index (κ3) is 3.72. The second kappa shape index (κ2) is 10.8. The van der Waals surface area contributed by atoms with Crippen molar-refractivity contribution >= 4 is 32.3 Å². The number of nitriles is 1. The maximum absolute atomic E-state index is 10.1. The van der Waals surface area contributed by atoms with Gasteiger partial charge >= 0.3 is 0 Å². The lowest BCUT2D eigenvalue weighted by Crippen LogP contribution is -2.32. The minimum Gasteiger partial charge on any atom is -0.456 e. The van der Waals surface area contributed by atoms with Crippen molar-refractivity contribution < 1.29 is 4.74 Å². The number of rotatable bonds is 2. The molecule has 2 aliphatic rings. The zero-order valence-electron chi connectivity index (χ0n) is 28.1. The Morgan fingerprint density at radius 2 is 0.923 bits per heavy atom. The minimum absolute atomic E-state index is 0.647. The molecule has 11 rings (SSSR count). The lowest BCUT2D eigenvalue weighted by molar-refractivity contribution is 0.438. The van der Waals surface area contributed by atoms with Gasteiger partial charge < -0.3 is 4.74 Å². The molecule has 9 aromatic rings. The SMILES string of the molecule is N#Cc1ccc2c(c1)C1(c3ccccc3Oc3c(-c4c5ccccc5c(-c5cccc6ccccc56)c5ccccc45)cccc31)c1ccccc1-2. The van der Waals surface area contributed by atoms with Gasteiger partial charge in [-0.05, 0) is 83.9 Å². The average molecular weight is 660 g/mol. The smallest absolute Gasteiger partial charge is 0.140 e. The van der Waals surface area contributed by atoms with Crippen molar-refractivity contribution in [2.45, 2.75) is 5.41 Å². The number of fused-ring (bicyclic) bond motifs is 12. The minimum atomic E-state index is -0.673. The second-order valence-corrected chi connectivity index (χ2v) is 13.8. The maximum atomic E-state index is 10.1. The molecule has 0 saturated heterocycles. The predicted molar refractivity (Wildman–Crippen MR) is 212 cm³/mol. The van der Waals surface area contributed by atoms with Gasteiger partial charge in [-0.3, -0.25) is 0 Å². The molecule has 240 valence electrons. The first-order valence-corrected chi connectivity index (χ1v) is 17.7. The quantitative estimate of drug-likeness (QED) is 0.173. The molecule has 0 fully saturated rings. The molecular weight excluding hydrogens is 631 g/mol. The lowest BCUT2D eigenvalue weighted by atomic mass is 9.65. The van der Waals surface area contributed by atoms with Crippen molar-refractivity contribution in [1.29, 1.82) is 5.26 Å². The summed E-state index contributed by atoms with van der Waals surface area (Å²) in [5, 5.41) is 17.4. The summed E-state index contributed by atoms with van der Waals surface area (Å²) in [5.41, 5.74) is 11.5. The molecule has 1 unspecified atom stereocenters. The molecule has 0 N–H and O–H groups in total. The van der Waals surface area contributed by atoms with Gasteiger partial charge in [-0.2, -0.15) is 5.26 Å². The summed E-state index contributed by atoms with van der Waals surface area (Å²) in [7, 11) is 0. The van der Waals surface area contributed by atoms with E-state index in [4.69, 9.17) is 4.74 Å². The van der Waals surface area contributed by atoms with Crippen molar-refractivity contribution in [3.8, 4) is 50.9 Å². The van der Waals surface area contributed by atoms with Crippen LogP contribution in [0.3, 0.4) is 0 Å². The molecular formula is C50H29NO. The Kier molecular flexibility index (Phi) is 5.98. The summed E-state index contributed by atoms with van der Waals surface area (Å²) in [5.74, 6) is 1.67. The van der Waals surface area contributed by atoms with Crippen LogP contribution in [0, 0.1) is 11.3 Å².